The number of nitrogens with zero attached hydrogens (tertiary/aromatic N) is 3. The number of piperazine rings is 1. The molecule has 1 saturated heterocycles. The van der Waals surface area contributed by atoms with Crippen molar-refractivity contribution in [1.82, 2.24) is 4.98 Å². The van der Waals surface area contributed by atoms with Crippen LogP contribution in [0, 0.1) is 0 Å². The summed E-state index contributed by atoms with van der Waals surface area (Å²) in [7, 11) is -3.49. The van der Waals surface area contributed by atoms with Crippen LogP contribution in [0.25, 0.3) is 10.9 Å². The Morgan fingerprint density at radius 2 is 1.50 bits per heavy atom. The average Bonchev–Trinajstić information content (AvgIpc) is 2.77. The first kappa shape index (κ1) is 31.2. The Balaban J connectivity index is 0.00000216. The largest absolute Gasteiger partial charge is 0.478 e. The number of rotatable bonds is 6. The molecule has 0 spiro atoms. The number of sulfonamides is 1. The van der Waals surface area contributed by atoms with Gasteiger partial charge >= 0.3 is 5.97 Å². The molecule has 196 valence electrons. The van der Waals surface area contributed by atoms with Crippen molar-refractivity contribution in [3.05, 3.63) is 59.7 Å². The molecule has 4 rings (SSSR count). The normalized spacial score (nSPS) is 13.2. The number of hydrogen-bond acceptors (Lipinski definition) is 7. The number of nitrogens with one attached hydrogen (secondary N) is 1. The molecule has 2 heterocycles. The minimum absolute atomic E-state index is 0. The van der Waals surface area contributed by atoms with Gasteiger partial charge in [0.1, 0.15) is 5.82 Å². The van der Waals surface area contributed by atoms with Crippen molar-refractivity contribution >= 4 is 87.1 Å². The van der Waals surface area contributed by atoms with E-state index in [0.717, 1.165) is 25.0 Å². The van der Waals surface area contributed by atoms with Gasteiger partial charge in [-0.15, -0.1) is 37.2 Å². The fourth-order valence-electron chi connectivity index (χ4n) is 3.93. The Morgan fingerprint density at radius 3 is 2.03 bits per heavy atom. The number of carbonyl (C=O) groups is 2. The molecule has 1 fully saturated rings. The zero-order valence-corrected chi connectivity index (χ0v) is 22.8. The van der Waals surface area contributed by atoms with E-state index in [1.165, 1.54) is 12.1 Å². The van der Waals surface area contributed by atoms with Gasteiger partial charge in [0.25, 0.3) is 0 Å². The van der Waals surface area contributed by atoms with Crippen LogP contribution in [0.1, 0.15) is 27.6 Å². The van der Waals surface area contributed by atoms with E-state index in [2.05, 4.69) is 14.6 Å². The number of carboxylic acid groups (broad SMARTS) is 1. The summed E-state index contributed by atoms with van der Waals surface area (Å²) in [5, 5.41) is 10.1. The number of fused-ring (bicyclic) bond motifs is 1. The summed E-state index contributed by atoms with van der Waals surface area (Å²) in [5.74, 6) is -0.512. The van der Waals surface area contributed by atoms with Crippen molar-refractivity contribution in [3.8, 4) is 0 Å². The molecule has 3 aromatic rings. The Bertz CT molecular complexity index is 1350. The molecule has 1 aliphatic rings. The zero-order valence-electron chi connectivity index (χ0n) is 19.5. The van der Waals surface area contributed by atoms with Gasteiger partial charge in [-0.2, -0.15) is 0 Å². The molecule has 0 unspecified atom stereocenters. The van der Waals surface area contributed by atoms with Gasteiger partial charge in [0.05, 0.1) is 17.3 Å². The maximum absolute atomic E-state index is 11.9. The highest BCUT2D eigenvalue weighted by molar-refractivity contribution is 7.92. The van der Waals surface area contributed by atoms with Crippen LogP contribution >= 0.6 is 37.2 Å². The summed E-state index contributed by atoms with van der Waals surface area (Å²) in [6.07, 6.45) is 1.04. The number of anilines is 3. The number of Topliss-reactive ketones (excluding diaryl/α,β-unsaturated/α-hetero) is 1. The molecule has 0 atom stereocenters. The molecule has 2 N–H and O–H groups in total. The summed E-state index contributed by atoms with van der Waals surface area (Å²) in [5.41, 5.74) is 2.53. The second-order valence-corrected chi connectivity index (χ2v) is 9.76. The van der Waals surface area contributed by atoms with Gasteiger partial charge in [-0.1, -0.05) is 0 Å². The third-order valence-corrected chi connectivity index (χ3v) is 6.18. The molecule has 1 aromatic heterocycles. The van der Waals surface area contributed by atoms with Crippen molar-refractivity contribution in [3.63, 3.8) is 0 Å². The van der Waals surface area contributed by atoms with E-state index in [1.54, 1.807) is 19.1 Å². The Labute approximate surface area is 228 Å². The molecule has 2 aromatic carbocycles. The number of aromatic carboxylic acids is 1. The van der Waals surface area contributed by atoms with E-state index in [0.29, 0.717) is 35.4 Å². The number of hydrogen-bond donors (Lipinski definition) is 2. The van der Waals surface area contributed by atoms with Crippen LogP contribution in [0.4, 0.5) is 17.2 Å². The first-order valence-corrected chi connectivity index (χ1v) is 12.3. The topological polar surface area (TPSA) is 120 Å². The minimum atomic E-state index is -3.49. The van der Waals surface area contributed by atoms with Crippen LogP contribution in [-0.4, -0.2) is 62.7 Å². The summed E-state index contributed by atoms with van der Waals surface area (Å²) < 4.78 is 25.4. The molecule has 36 heavy (non-hydrogen) atoms. The number of carbonyl (C=O) groups excluding carboxylic acids is 1. The summed E-state index contributed by atoms with van der Waals surface area (Å²) in [6, 6.07) is 13.7. The maximum Gasteiger partial charge on any atom is 0.336 e. The highest BCUT2D eigenvalue weighted by atomic mass is 35.5. The predicted molar refractivity (Wildman–Crippen MR) is 150 cm³/mol. The molecule has 13 heteroatoms. The van der Waals surface area contributed by atoms with Crippen molar-refractivity contribution in [2.45, 2.75) is 6.92 Å². The predicted octanol–water partition coefficient (Wildman–Crippen LogP) is 4.10. The lowest BCUT2D eigenvalue weighted by molar-refractivity contribution is 0.0698. The van der Waals surface area contributed by atoms with Crippen LogP contribution in [0.15, 0.2) is 48.5 Å². The van der Waals surface area contributed by atoms with E-state index in [4.69, 9.17) is 0 Å². The minimum Gasteiger partial charge on any atom is -0.478 e. The van der Waals surface area contributed by atoms with Crippen molar-refractivity contribution in [2.24, 2.45) is 0 Å². The van der Waals surface area contributed by atoms with Crippen molar-refractivity contribution < 1.29 is 23.1 Å². The molecule has 0 amide bonds. The number of aromatic nitrogens is 1. The van der Waals surface area contributed by atoms with E-state index >= 15 is 0 Å². The maximum atomic E-state index is 11.9. The van der Waals surface area contributed by atoms with Gasteiger partial charge in [0, 0.05) is 48.5 Å². The summed E-state index contributed by atoms with van der Waals surface area (Å²) in [4.78, 5) is 32.3. The lowest BCUT2D eigenvalue weighted by atomic mass is 10.1. The highest BCUT2D eigenvalue weighted by Gasteiger charge is 2.21. The van der Waals surface area contributed by atoms with Gasteiger partial charge in [-0.3, -0.25) is 9.52 Å². The van der Waals surface area contributed by atoms with E-state index in [1.807, 2.05) is 29.2 Å². The van der Waals surface area contributed by atoms with Crippen LogP contribution in [0.5, 0.6) is 0 Å². The standard InChI is InChI=1S/C23H24N4O5S.3ClH/c1-15(28)16-3-6-18(7-4-16)26-9-11-27(12-10-26)22-14-20(23(29)30)19-13-17(25-33(2,31)32)5-8-21(19)24-22;;;/h3-8,13-14,25H,9-12H2,1-2H3,(H,29,30);3*1H. The molecule has 0 aliphatic carbocycles. The number of benzene rings is 2. The number of carboxylic acids is 1. The first-order chi connectivity index (χ1) is 15.6. The highest BCUT2D eigenvalue weighted by Crippen LogP contribution is 2.28. The van der Waals surface area contributed by atoms with E-state index in [-0.39, 0.29) is 54.3 Å². The molecular weight excluding hydrogens is 551 g/mol. The van der Waals surface area contributed by atoms with Crippen molar-refractivity contribution in [1.29, 1.82) is 0 Å². The Morgan fingerprint density at radius 1 is 0.917 bits per heavy atom. The number of halogens is 3. The van der Waals surface area contributed by atoms with Crippen LogP contribution in [0.3, 0.4) is 0 Å². The first-order valence-electron chi connectivity index (χ1n) is 10.4. The summed E-state index contributed by atoms with van der Waals surface area (Å²) in [6.45, 7) is 4.29. The van der Waals surface area contributed by atoms with Crippen LogP contribution < -0.4 is 14.5 Å². The third-order valence-electron chi connectivity index (χ3n) is 5.57. The monoisotopic (exact) mass is 576 g/mol. The average molecular weight is 578 g/mol. The lowest BCUT2D eigenvalue weighted by Crippen LogP contribution is -2.46. The van der Waals surface area contributed by atoms with Gasteiger partial charge in [0.2, 0.25) is 10.0 Å². The smallest absolute Gasteiger partial charge is 0.336 e. The van der Waals surface area contributed by atoms with E-state index in [9.17, 15) is 23.1 Å². The zero-order chi connectivity index (χ0) is 23.8. The van der Waals surface area contributed by atoms with Gasteiger partial charge in [-0.05, 0) is 55.5 Å². The number of ketones is 1. The van der Waals surface area contributed by atoms with Gasteiger partial charge in [0.15, 0.2) is 5.78 Å². The van der Waals surface area contributed by atoms with Crippen LogP contribution in [-0.2, 0) is 10.0 Å². The van der Waals surface area contributed by atoms with Crippen LogP contribution in [0.2, 0.25) is 0 Å². The molecule has 0 saturated carbocycles. The molecule has 0 bridgehead atoms. The second kappa shape index (κ2) is 12.4. The van der Waals surface area contributed by atoms with Crippen molar-refractivity contribution in [2.75, 3.05) is 47.0 Å². The molecular formula is C23H27Cl3N4O5S. The molecule has 9 nitrogen and oxygen atoms in total. The lowest BCUT2D eigenvalue weighted by Gasteiger charge is -2.37. The number of pyridine rings is 1. The fourth-order valence-corrected chi connectivity index (χ4v) is 4.48. The fraction of sp³-hybridized carbons (Fsp3) is 0.261. The molecule has 1 aliphatic heterocycles. The summed E-state index contributed by atoms with van der Waals surface area (Å²) >= 11 is 0. The van der Waals surface area contributed by atoms with Gasteiger partial charge in [-0.25, -0.2) is 18.2 Å². The Hall–Kier alpha value is -2.79. The third kappa shape index (κ3) is 7.13. The second-order valence-electron chi connectivity index (χ2n) is 8.02. The quantitative estimate of drug-likeness (QED) is 0.420. The molecule has 0 radical (unpaired) electrons. The van der Waals surface area contributed by atoms with E-state index < -0.39 is 16.0 Å². The van der Waals surface area contributed by atoms with Gasteiger partial charge < -0.3 is 14.9 Å². The Kier molecular flexibility index (Phi) is 10.8. The SMILES string of the molecule is CC(=O)c1ccc(N2CCN(c3cc(C(=O)O)c4cc(NS(C)(=O)=O)ccc4n3)CC2)cc1.Cl.Cl.Cl.